The predicted octanol–water partition coefficient (Wildman–Crippen LogP) is 2.13. The van der Waals surface area contributed by atoms with E-state index in [0.717, 1.165) is 4.73 Å². The van der Waals surface area contributed by atoms with Gasteiger partial charge in [0.25, 0.3) is 5.03 Å². The van der Waals surface area contributed by atoms with Gasteiger partial charge in [0.05, 0.1) is 19.3 Å². The molecule has 0 aliphatic carbocycles. The second kappa shape index (κ2) is 7.97. The summed E-state index contributed by atoms with van der Waals surface area (Å²) in [7, 11) is 0. The molecular formula is C15H16FNO3S. The van der Waals surface area contributed by atoms with Gasteiger partial charge in [-0.3, -0.25) is 0 Å². The van der Waals surface area contributed by atoms with E-state index in [-0.39, 0.29) is 19.0 Å². The van der Waals surface area contributed by atoms with E-state index in [2.05, 4.69) is 0 Å². The monoisotopic (exact) mass is 309 g/mol. The molecule has 1 aromatic heterocycles. The third kappa shape index (κ3) is 5.00. The van der Waals surface area contributed by atoms with E-state index in [1.54, 1.807) is 36.4 Å². The van der Waals surface area contributed by atoms with E-state index in [0.29, 0.717) is 16.3 Å². The Morgan fingerprint density at radius 1 is 1.24 bits per heavy atom. The van der Waals surface area contributed by atoms with Crippen LogP contribution in [0.3, 0.4) is 0 Å². The Kier molecular flexibility index (Phi) is 5.98. The normalized spacial score (nSPS) is 12.3. The van der Waals surface area contributed by atoms with Crippen molar-refractivity contribution in [2.24, 2.45) is 0 Å². The minimum absolute atomic E-state index is 0.0903. The molecular weight excluding hydrogens is 293 g/mol. The number of aromatic nitrogens is 1. The lowest BCUT2D eigenvalue weighted by Crippen LogP contribution is -2.28. The molecule has 1 N–H and O–H groups in total. The molecule has 1 atom stereocenters. The van der Waals surface area contributed by atoms with Crippen molar-refractivity contribution in [3.63, 3.8) is 0 Å². The number of aliphatic hydroxyl groups excluding tert-OH is 1. The zero-order valence-electron chi connectivity index (χ0n) is 11.3. The van der Waals surface area contributed by atoms with Crippen molar-refractivity contribution in [3.8, 4) is 0 Å². The minimum Gasteiger partial charge on any atom is -0.618 e. The van der Waals surface area contributed by atoms with E-state index in [1.165, 1.54) is 24.0 Å². The van der Waals surface area contributed by atoms with Crippen LogP contribution in [0.15, 0.2) is 53.7 Å². The summed E-state index contributed by atoms with van der Waals surface area (Å²) in [5.74, 6) is 0.0156. The van der Waals surface area contributed by atoms with Gasteiger partial charge in [-0.25, -0.2) is 4.39 Å². The largest absolute Gasteiger partial charge is 0.618 e. The van der Waals surface area contributed by atoms with E-state index >= 15 is 0 Å². The van der Waals surface area contributed by atoms with Crippen LogP contribution in [0.4, 0.5) is 4.39 Å². The number of hydrogen-bond acceptors (Lipinski definition) is 4. The van der Waals surface area contributed by atoms with Crippen molar-refractivity contribution in [3.05, 3.63) is 65.2 Å². The van der Waals surface area contributed by atoms with Gasteiger partial charge >= 0.3 is 0 Å². The van der Waals surface area contributed by atoms with Gasteiger partial charge in [-0.15, -0.1) is 0 Å². The van der Waals surface area contributed by atoms with Gasteiger partial charge in [-0.1, -0.05) is 30.0 Å². The number of benzene rings is 1. The summed E-state index contributed by atoms with van der Waals surface area (Å²) >= 11 is 1.25. The Hall–Kier alpha value is -1.63. The van der Waals surface area contributed by atoms with Crippen molar-refractivity contribution in [1.29, 1.82) is 0 Å². The maximum atomic E-state index is 13.3. The summed E-state index contributed by atoms with van der Waals surface area (Å²) in [5.41, 5.74) is 0.456. The molecule has 6 heteroatoms. The van der Waals surface area contributed by atoms with E-state index in [9.17, 15) is 14.7 Å². The minimum atomic E-state index is -0.720. The Balaban J connectivity index is 1.72. The summed E-state index contributed by atoms with van der Waals surface area (Å²) < 4.78 is 19.4. The highest BCUT2D eigenvalue weighted by atomic mass is 32.2. The van der Waals surface area contributed by atoms with Crippen molar-refractivity contribution < 1.29 is 19.0 Å². The fourth-order valence-electron chi connectivity index (χ4n) is 1.67. The molecule has 0 amide bonds. The SMILES string of the molecule is [O-][n+]1ccccc1SCC(O)COCc1ccccc1F. The summed E-state index contributed by atoms with van der Waals surface area (Å²) in [6.45, 7) is 0.203. The Morgan fingerprint density at radius 3 is 2.76 bits per heavy atom. The lowest BCUT2D eigenvalue weighted by molar-refractivity contribution is -0.645. The average molecular weight is 309 g/mol. The van der Waals surface area contributed by atoms with Crippen molar-refractivity contribution in [1.82, 2.24) is 0 Å². The van der Waals surface area contributed by atoms with Gasteiger partial charge in [-0.2, -0.15) is 4.73 Å². The molecule has 2 aromatic rings. The van der Waals surface area contributed by atoms with Crippen molar-refractivity contribution in [2.45, 2.75) is 17.7 Å². The Bertz CT molecular complexity index is 582. The number of ether oxygens (including phenoxy) is 1. The number of aliphatic hydroxyl groups is 1. The topological polar surface area (TPSA) is 56.4 Å². The highest BCUT2D eigenvalue weighted by Crippen LogP contribution is 2.14. The van der Waals surface area contributed by atoms with Gasteiger partial charge in [0.1, 0.15) is 5.82 Å². The van der Waals surface area contributed by atoms with Crippen LogP contribution in [0.25, 0.3) is 0 Å². The van der Waals surface area contributed by atoms with E-state index in [4.69, 9.17) is 4.74 Å². The van der Waals surface area contributed by atoms with Gasteiger partial charge in [-0.05, 0) is 12.1 Å². The molecule has 1 unspecified atom stereocenters. The van der Waals surface area contributed by atoms with Gasteiger partial charge in [0, 0.05) is 23.4 Å². The zero-order chi connectivity index (χ0) is 15.1. The molecule has 0 saturated heterocycles. The van der Waals surface area contributed by atoms with Crippen molar-refractivity contribution >= 4 is 11.8 Å². The maximum absolute atomic E-state index is 13.3. The second-order valence-corrected chi connectivity index (χ2v) is 5.48. The van der Waals surface area contributed by atoms with Crippen LogP contribution < -0.4 is 4.73 Å². The molecule has 0 saturated carbocycles. The van der Waals surface area contributed by atoms with Gasteiger partial charge < -0.3 is 15.1 Å². The molecule has 4 nitrogen and oxygen atoms in total. The number of pyridine rings is 1. The summed E-state index contributed by atoms with van der Waals surface area (Å²) in [6.07, 6.45) is 0.686. The number of halogens is 1. The molecule has 1 aromatic carbocycles. The molecule has 0 spiro atoms. The smallest absolute Gasteiger partial charge is 0.251 e. The average Bonchev–Trinajstić information content (AvgIpc) is 2.48. The quantitative estimate of drug-likeness (QED) is 0.483. The molecule has 0 radical (unpaired) electrons. The highest BCUT2D eigenvalue weighted by molar-refractivity contribution is 7.99. The number of nitrogens with zero attached hydrogens (tertiary/aromatic N) is 1. The highest BCUT2D eigenvalue weighted by Gasteiger charge is 2.10. The summed E-state index contributed by atoms with van der Waals surface area (Å²) in [4.78, 5) is 0. The third-order valence-electron chi connectivity index (χ3n) is 2.74. The zero-order valence-corrected chi connectivity index (χ0v) is 12.1. The summed E-state index contributed by atoms with van der Waals surface area (Å²) in [5, 5.41) is 21.7. The van der Waals surface area contributed by atoms with Crippen LogP contribution in [-0.2, 0) is 11.3 Å². The van der Waals surface area contributed by atoms with Crippen LogP contribution in [-0.4, -0.2) is 23.6 Å². The van der Waals surface area contributed by atoms with Crippen LogP contribution in [0, 0.1) is 11.0 Å². The first-order chi connectivity index (χ1) is 10.2. The first-order valence-corrected chi connectivity index (χ1v) is 7.45. The Labute approximate surface area is 126 Å². The fourth-order valence-corrected chi connectivity index (χ4v) is 2.50. The standard InChI is InChI=1S/C15H16FNO3S/c16-14-6-2-1-5-12(14)9-20-10-13(18)11-21-15-7-3-4-8-17(15)19/h1-8,13,18H,9-11H2. The summed E-state index contributed by atoms with van der Waals surface area (Å²) in [6, 6.07) is 11.4. The van der Waals surface area contributed by atoms with E-state index < -0.39 is 6.10 Å². The van der Waals surface area contributed by atoms with Gasteiger partial charge in [0.15, 0.2) is 6.20 Å². The molecule has 2 rings (SSSR count). The second-order valence-electron chi connectivity index (χ2n) is 4.44. The third-order valence-corrected chi connectivity index (χ3v) is 3.90. The molecule has 0 aliphatic heterocycles. The predicted molar refractivity (Wildman–Crippen MR) is 78.2 cm³/mol. The molecule has 1 heterocycles. The van der Waals surface area contributed by atoms with Crippen LogP contribution >= 0.6 is 11.8 Å². The molecule has 0 aliphatic rings. The van der Waals surface area contributed by atoms with Crippen LogP contribution in [0.1, 0.15) is 5.56 Å². The van der Waals surface area contributed by atoms with Gasteiger partial charge in [0.2, 0.25) is 0 Å². The lowest BCUT2D eigenvalue weighted by atomic mass is 10.2. The maximum Gasteiger partial charge on any atom is 0.251 e. The van der Waals surface area contributed by atoms with Crippen LogP contribution in [0.5, 0.6) is 0 Å². The number of hydrogen-bond donors (Lipinski definition) is 1. The first kappa shape index (κ1) is 15.8. The van der Waals surface area contributed by atoms with Crippen molar-refractivity contribution in [2.75, 3.05) is 12.4 Å². The molecule has 0 bridgehead atoms. The molecule has 112 valence electrons. The number of rotatable bonds is 7. The first-order valence-electron chi connectivity index (χ1n) is 6.47. The lowest BCUT2D eigenvalue weighted by Gasteiger charge is -2.11. The molecule has 21 heavy (non-hydrogen) atoms. The fraction of sp³-hybridized carbons (Fsp3) is 0.267. The van der Waals surface area contributed by atoms with E-state index in [1.807, 2.05) is 0 Å². The number of thioether (sulfide) groups is 1. The van der Waals surface area contributed by atoms with Crippen LogP contribution in [0.2, 0.25) is 0 Å². The Morgan fingerprint density at radius 2 is 2.00 bits per heavy atom. The molecule has 0 fully saturated rings.